The first-order valence-corrected chi connectivity index (χ1v) is 20.8. The Labute approximate surface area is 269 Å². The summed E-state index contributed by atoms with van der Waals surface area (Å²) in [6.07, 6.45) is -12.9. The molecule has 1 aliphatic rings. The molecular weight excluding hydrogens is 624 g/mol. The summed E-state index contributed by atoms with van der Waals surface area (Å²) in [6, 6.07) is 0. The lowest BCUT2D eigenvalue weighted by molar-refractivity contribution is -0.247. The van der Waals surface area contributed by atoms with Crippen LogP contribution in [0, 0.1) is 0 Å². The number of hydrogen-bond acceptors (Lipinski definition) is 13. The summed E-state index contributed by atoms with van der Waals surface area (Å²) in [5.41, 5.74) is 0. The predicted octanol–water partition coefficient (Wildman–Crippen LogP) is 3.80. The van der Waals surface area contributed by atoms with Crippen molar-refractivity contribution >= 4 is 46.5 Å². The minimum Gasteiger partial charge on any atom is -0.456 e. The molecule has 13 nitrogen and oxygen atoms in total. The molecule has 260 valence electrons. The molecule has 45 heavy (non-hydrogen) atoms. The SMILES string of the molecule is CC(=O)O[C@H]1[C@@H](OC(C)=O)[C@@H](O[Si](C)(C)C(C)(C)C)[C@H](O[Si](C)(C)C(C)(C)C)[C@H](O)[C@@H](OC(C)=O)[C@@H](OC(C)=O)[C@H]1OC(C)=O. The van der Waals surface area contributed by atoms with Gasteiger partial charge in [-0.3, -0.25) is 24.0 Å². The first kappa shape index (κ1) is 40.7. The van der Waals surface area contributed by atoms with Gasteiger partial charge in [0.1, 0.15) is 18.3 Å². The number of aliphatic hydroxyl groups excluding tert-OH is 1. The Kier molecular flexibility index (Phi) is 13.6. The smallest absolute Gasteiger partial charge is 0.303 e. The highest BCUT2D eigenvalue weighted by Gasteiger charge is 2.60. The Morgan fingerprint density at radius 2 is 0.667 bits per heavy atom. The highest BCUT2D eigenvalue weighted by molar-refractivity contribution is 6.74. The Bertz CT molecular complexity index is 1090. The van der Waals surface area contributed by atoms with Gasteiger partial charge in [0, 0.05) is 34.6 Å². The minimum atomic E-state index is -2.85. The molecule has 0 radical (unpaired) electrons. The van der Waals surface area contributed by atoms with Crippen molar-refractivity contribution in [1.82, 2.24) is 0 Å². The molecule has 1 N–H and O–H groups in total. The van der Waals surface area contributed by atoms with E-state index in [-0.39, 0.29) is 0 Å². The molecule has 0 amide bonds. The summed E-state index contributed by atoms with van der Waals surface area (Å²) < 4.78 is 42.0. The van der Waals surface area contributed by atoms with Gasteiger partial charge in [-0.2, -0.15) is 0 Å². The van der Waals surface area contributed by atoms with Gasteiger partial charge in [-0.1, -0.05) is 41.5 Å². The quantitative estimate of drug-likeness (QED) is 0.212. The second kappa shape index (κ2) is 15.0. The van der Waals surface area contributed by atoms with Crippen molar-refractivity contribution in [3.63, 3.8) is 0 Å². The van der Waals surface area contributed by atoms with Gasteiger partial charge in [-0.15, -0.1) is 0 Å². The number of ether oxygens (including phenoxy) is 5. The monoisotopic (exact) mass is 678 g/mol. The van der Waals surface area contributed by atoms with Crippen LogP contribution in [0.1, 0.15) is 76.2 Å². The first-order chi connectivity index (χ1) is 20.1. The van der Waals surface area contributed by atoms with Gasteiger partial charge in [0.2, 0.25) is 0 Å². The van der Waals surface area contributed by atoms with Crippen molar-refractivity contribution < 1.29 is 61.6 Å². The topological polar surface area (TPSA) is 170 Å². The summed E-state index contributed by atoms with van der Waals surface area (Å²) in [4.78, 5) is 62.8. The van der Waals surface area contributed by atoms with E-state index < -0.39 is 105 Å². The molecule has 0 saturated heterocycles. The van der Waals surface area contributed by atoms with Crippen LogP contribution in [0.5, 0.6) is 0 Å². The van der Waals surface area contributed by atoms with E-state index in [1.165, 1.54) is 0 Å². The molecule has 0 aromatic rings. The van der Waals surface area contributed by atoms with E-state index in [0.717, 1.165) is 34.6 Å². The third-order valence-electron chi connectivity index (χ3n) is 8.60. The standard InChI is InChI=1S/C30H54O13Si2/c1-16(31)37-22-21(36)23(42-44(12,13)29(6,7)8)28(43-45(14,15)30(9,10)11)27(41-20(5)35)26(40-19(4)34)25(39-18(3)33)24(22)38-17(2)32/h21-28,36H,1-15H3/t21-,22-,23-,24-,25-,26-,27-,28+/m1/s1. The number of carbonyl (C=O) groups excluding carboxylic acids is 5. The van der Waals surface area contributed by atoms with Crippen molar-refractivity contribution in [3.8, 4) is 0 Å². The van der Waals surface area contributed by atoms with Crippen molar-refractivity contribution in [2.45, 2.75) is 161 Å². The first-order valence-electron chi connectivity index (χ1n) is 15.0. The Morgan fingerprint density at radius 3 is 0.933 bits per heavy atom. The maximum atomic E-state index is 12.7. The van der Waals surface area contributed by atoms with Crippen LogP contribution in [0.2, 0.25) is 36.3 Å². The second-order valence-corrected chi connectivity index (χ2v) is 24.1. The maximum Gasteiger partial charge on any atom is 0.303 e. The van der Waals surface area contributed by atoms with Gasteiger partial charge >= 0.3 is 29.8 Å². The summed E-state index contributed by atoms with van der Waals surface area (Å²) in [5, 5.41) is 11.4. The van der Waals surface area contributed by atoms with Gasteiger partial charge < -0.3 is 37.6 Å². The van der Waals surface area contributed by atoms with Crippen LogP contribution in [0.3, 0.4) is 0 Å². The molecule has 0 spiro atoms. The number of carbonyl (C=O) groups is 5. The van der Waals surface area contributed by atoms with Crippen LogP contribution in [0.25, 0.3) is 0 Å². The summed E-state index contributed by atoms with van der Waals surface area (Å²) in [5.74, 6) is -4.28. The largest absolute Gasteiger partial charge is 0.456 e. The second-order valence-electron chi connectivity index (χ2n) is 14.5. The van der Waals surface area contributed by atoms with Crippen LogP contribution in [-0.4, -0.2) is 100 Å². The van der Waals surface area contributed by atoms with Crippen LogP contribution in [0.4, 0.5) is 0 Å². The molecule has 1 rings (SSSR count). The van der Waals surface area contributed by atoms with E-state index in [1.54, 1.807) is 0 Å². The lowest BCUT2D eigenvalue weighted by Crippen LogP contribution is -2.70. The fourth-order valence-electron chi connectivity index (χ4n) is 4.45. The average molecular weight is 679 g/mol. The number of aliphatic hydroxyl groups is 1. The Hall–Kier alpha value is -2.34. The molecule has 0 aliphatic heterocycles. The van der Waals surface area contributed by atoms with Crippen LogP contribution in [0.15, 0.2) is 0 Å². The zero-order chi connectivity index (χ0) is 35.5. The third kappa shape index (κ3) is 10.9. The van der Waals surface area contributed by atoms with Gasteiger partial charge in [0.25, 0.3) is 0 Å². The molecule has 15 heteroatoms. The predicted molar refractivity (Wildman–Crippen MR) is 168 cm³/mol. The van der Waals surface area contributed by atoms with Crippen LogP contribution >= 0.6 is 0 Å². The molecule has 1 saturated carbocycles. The minimum absolute atomic E-state index is 0.407. The highest BCUT2D eigenvalue weighted by atomic mass is 28.4. The van der Waals surface area contributed by atoms with Crippen molar-refractivity contribution in [3.05, 3.63) is 0 Å². The van der Waals surface area contributed by atoms with E-state index >= 15 is 0 Å². The lowest BCUT2D eigenvalue weighted by Gasteiger charge is -2.52. The van der Waals surface area contributed by atoms with Gasteiger partial charge in [0.05, 0.1) is 0 Å². The number of esters is 5. The van der Waals surface area contributed by atoms with E-state index in [4.69, 9.17) is 32.5 Å². The van der Waals surface area contributed by atoms with Crippen LogP contribution in [-0.2, 0) is 56.5 Å². The molecular formula is C30H54O13Si2. The summed E-state index contributed by atoms with van der Waals surface area (Å²) in [6.45, 7) is 25.1. The number of rotatable bonds is 9. The van der Waals surface area contributed by atoms with E-state index in [9.17, 15) is 29.1 Å². The van der Waals surface area contributed by atoms with Crippen molar-refractivity contribution in [2.24, 2.45) is 0 Å². The van der Waals surface area contributed by atoms with E-state index in [2.05, 4.69) is 0 Å². The van der Waals surface area contributed by atoms with Crippen LogP contribution < -0.4 is 0 Å². The molecule has 8 atom stereocenters. The van der Waals surface area contributed by atoms with E-state index in [1.807, 2.05) is 67.7 Å². The zero-order valence-electron chi connectivity index (χ0n) is 29.5. The Balaban J connectivity index is 4.40. The van der Waals surface area contributed by atoms with Gasteiger partial charge in [-0.25, -0.2) is 0 Å². The fraction of sp³-hybridized carbons (Fsp3) is 0.833. The van der Waals surface area contributed by atoms with Crippen molar-refractivity contribution in [1.29, 1.82) is 0 Å². The molecule has 1 aliphatic carbocycles. The molecule has 0 heterocycles. The maximum absolute atomic E-state index is 12.7. The molecule has 1 fully saturated rings. The van der Waals surface area contributed by atoms with Gasteiger partial charge in [-0.05, 0) is 36.3 Å². The number of hydrogen-bond donors (Lipinski definition) is 1. The van der Waals surface area contributed by atoms with E-state index in [0.29, 0.717) is 0 Å². The zero-order valence-corrected chi connectivity index (χ0v) is 31.5. The molecule has 0 unspecified atom stereocenters. The fourth-order valence-corrected chi connectivity index (χ4v) is 7.06. The lowest BCUT2D eigenvalue weighted by atomic mass is 9.84. The van der Waals surface area contributed by atoms with Crippen molar-refractivity contribution in [2.75, 3.05) is 0 Å². The molecule has 0 aromatic carbocycles. The molecule has 0 aromatic heterocycles. The van der Waals surface area contributed by atoms with Gasteiger partial charge in [0.15, 0.2) is 47.2 Å². The summed E-state index contributed by atoms with van der Waals surface area (Å²) >= 11 is 0. The molecule has 0 bridgehead atoms. The normalized spacial score (nSPS) is 28.2. The highest BCUT2D eigenvalue weighted by Crippen LogP contribution is 2.44. The summed E-state index contributed by atoms with van der Waals surface area (Å²) in [7, 11) is -5.68. The Morgan fingerprint density at radius 1 is 0.444 bits per heavy atom. The average Bonchev–Trinajstić information content (AvgIpc) is 2.81. The third-order valence-corrected chi connectivity index (χ3v) is 17.5.